The molecule has 1 aromatic heterocycles. The van der Waals surface area contributed by atoms with E-state index in [0.29, 0.717) is 6.42 Å². The molecule has 8 heteroatoms. The smallest absolute Gasteiger partial charge is 0.389 e. The standard InChI is InChI=1S/C21H19F3N2O2S/c1-12-8-13-10-14(11-25-18(27)6-7-21(22,23)24)28-19(13)15(9-12)20-26-16-4-2-3-5-17(16)29-20/h2-5,8-9,14H,6-7,10-11H2,1H3,(H,25,27). The van der Waals surface area contributed by atoms with E-state index in [1.165, 1.54) is 0 Å². The maximum atomic E-state index is 12.2. The number of aryl methyl sites for hydroxylation is 1. The van der Waals surface area contributed by atoms with E-state index in [-0.39, 0.29) is 12.6 Å². The van der Waals surface area contributed by atoms with Crippen molar-refractivity contribution in [3.05, 3.63) is 47.5 Å². The first-order valence-electron chi connectivity index (χ1n) is 9.28. The number of hydrogen-bond donors (Lipinski definition) is 1. The Hall–Kier alpha value is -2.61. The molecule has 29 heavy (non-hydrogen) atoms. The SMILES string of the molecule is Cc1cc2c(c(-c3nc4ccccc4s3)c1)OC(CNC(=O)CCC(F)(F)F)C2. The molecule has 0 aliphatic carbocycles. The molecule has 0 bridgehead atoms. The van der Waals surface area contributed by atoms with Crippen LogP contribution in [0.15, 0.2) is 36.4 Å². The number of carbonyl (C=O) groups excluding carboxylic acids is 1. The Morgan fingerprint density at radius 3 is 2.86 bits per heavy atom. The summed E-state index contributed by atoms with van der Waals surface area (Å²) in [4.78, 5) is 16.4. The van der Waals surface area contributed by atoms with Crippen molar-refractivity contribution < 1.29 is 22.7 Å². The molecule has 2 heterocycles. The molecule has 1 aliphatic heterocycles. The van der Waals surface area contributed by atoms with Gasteiger partial charge >= 0.3 is 6.18 Å². The Bertz CT molecular complexity index is 1030. The summed E-state index contributed by atoms with van der Waals surface area (Å²) >= 11 is 1.59. The van der Waals surface area contributed by atoms with Crippen molar-refractivity contribution >= 4 is 27.5 Å². The fourth-order valence-electron chi connectivity index (χ4n) is 3.42. The van der Waals surface area contributed by atoms with Crippen molar-refractivity contribution in [2.75, 3.05) is 6.54 Å². The van der Waals surface area contributed by atoms with Crippen molar-refractivity contribution in [2.24, 2.45) is 0 Å². The molecule has 0 saturated heterocycles. The monoisotopic (exact) mass is 420 g/mol. The lowest BCUT2D eigenvalue weighted by Crippen LogP contribution is -2.34. The average molecular weight is 420 g/mol. The number of nitrogens with zero attached hydrogens (tertiary/aromatic N) is 1. The number of nitrogens with one attached hydrogen (secondary N) is 1. The van der Waals surface area contributed by atoms with Crippen LogP contribution in [-0.4, -0.2) is 29.7 Å². The van der Waals surface area contributed by atoms with Gasteiger partial charge in [-0.15, -0.1) is 11.3 Å². The number of halogens is 3. The van der Waals surface area contributed by atoms with Crippen LogP contribution in [0.4, 0.5) is 13.2 Å². The first kappa shape index (κ1) is 19.7. The predicted molar refractivity (Wildman–Crippen MR) is 106 cm³/mol. The van der Waals surface area contributed by atoms with Crippen LogP contribution in [0.25, 0.3) is 20.8 Å². The maximum Gasteiger partial charge on any atom is 0.389 e. The number of carbonyl (C=O) groups is 1. The number of benzene rings is 2. The lowest BCUT2D eigenvalue weighted by atomic mass is 10.0. The van der Waals surface area contributed by atoms with E-state index < -0.39 is 24.9 Å². The third-order valence-corrected chi connectivity index (χ3v) is 5.80. The summed E-state index contributed by atoms with van der Waals surface area (Å²) < 4.78 is 43.9. The minimum atomic E-state index is -4.33. The molecule has 1 aliphatic rings. The van der Waals surface area contributed by atoms with Gasteiger partial charge in [0.25, 0.3) is 0 Å². The van der Waals surface area contributed by atoms with Gasteiger partial charge in [0.1, 0.15) is 16.9 Å². The van der Waals surface area contributed by atoms with Crippen LogP contribution in [0.2, 0.25) is 0 Å². The molecule has 1 atom stereocenters. The fourth-order valence-corrected chi connectivity index (χ4v) is 4.40. The average Bonchev–Trinajstić information content (AvgIpc) is 3.26. The minimum Gasteiger partial charge on any atom is -0.487 e. The normalized spacial score (nSPS) is 15.9. The van der Waals surface area contributed by atoms with Gasteiger partial charge < -0.3 is 10.1 Å². The molecule has 0 fully saturated rings. The maximum absolute atomic E-state index is 12.2. The van der Waals surface area contributed by atoms with Crippen LogP contribution >= 0.6 is 11.3 Å². The highest BCUT2D eigenvalue weighted by molar-refractivity contribution is 7.21. The second-order valence-electron chi connectivity index (χ2n) is 7.15. The summed E-state index contributed by atoms with van der Waals surface area (Å²) in [5.41, 5.74) is 3.94. The molecular weight excluding hydrogens is 401 g/mol. The number of thiazole rings is 1. The number of rotatable bonds is 5. The molecule has 2 aromatic carbocycles. The van der Waals surface area contributed by atoms with Crippen LogP contribution in [0.3, 0.4) is 0 Å². The summed E-state index contributed by atoms with van der Waals surface area (Å²) in [6.07, 6.45) is -5.74. The quantitative estimate of drug-likeness (QED) is 0.630. The van der Waals surface area contributed by atoms with Crippen LogP contribution in [0, 0.1) is 6.92 Å². The largest absolute Gasteiger partial charge is 0.487 e. The second kappa shape index (κ2) is 7.67. The first-order chi connectivity index (χ1) is 13.8. The molecular formula is C21H19F3N2O2S. The van der Waals surface area contributed by atoms with Crippen LogP contribution in [-0.2, 0) is 11.2 Å². The molecule has 152 valence electrons. The van der Waals surface area contributed by atoms with E-state index in [4.69, 9.17) is 9.72 Å². The van der Waals surface area contributed by atoms with Gasteiger partial charge in [-0.1, -0.05) is 18.2 Å². The van der Waals surface area contributed by atoms with Crippen molar-refractivity contribution in [1.29, 1.82) is 0 Å². The summed E-state index contributed by atoms with van der Waals surface area (Å²) in [7, 11) is 0. The van der Waals surface area contributed by atoms with Crippen molar-refractivity contribution in [1.82, 2.24) is 10.3 Å². The summed E-state index contributed by atoms with van der Waals surface area (Å²) in [6, 6.07) is 12.0. The first-order valence-corrected chi connectivity index (χ1v) is 10.1. The van der Waals surface area contributed by atoms with E-state index in [2.05, 4.69) is 5.32 Å². The van der Waals surface area contributed by atoms with Gasteiger partial charge in [0.2, 0.25) is 5.91 Å². The molecule has 1 N–H and O–H groups in total. The van der Waals surface area contributed by atoms with Gasteiger partial charge in [-0.05, 0) is 36.2 Å². The number of fused-ring (bicyclic) bond motifs is 2. The summed E-state index contributed by atoms with van der Waals surface area (Å²) in [6.45, 7) is 2.17. The zero-order chi connectivity index (χ0) is 20.6. The zero-order valence-electron chi connectivity index (χ0n) is 15.7. The molecule has 4 rings (SSSR count). The number of alkyl halides is 3. The Morgan fingerprint density at radius 2 is 2.10 bits per heavy atom. The highest BCUT2D eigenvalue weighted by atomic mass is 32.1. The van der Waals surface area contributed by atoms with Gasteiger partial charge in [0.15, 0.2) is 0 Å². The molecule has 0 spiro atoms. The Morgan fingerprint density at radius 1 is 1.31 bits per heavy atom. The number of hydrogen-bond acceptors (Lipinski definition) is 4. The van der Waals surface area contributed by atoms with Crippen LogP contribution < -0.4 is 10.1 Å². The minimum absolute atomic E-state index is 0.170. The zero-order valence-corrected chi connectivity index (χ0v) is 16.5. The predicted octanol–water partition coefficient (Wildman–Crippen LogP) is 5.03. The lowest BCUT2D eigenvalue weighted by Gasteiger charge is -2.13. The van der Waals surface area contributed by atoms with E-state index >= 15 is 0 Å². The molecule has 3 aromatic rings. The second-order valence-corrected chi connectivity index (χ2v) is 8.18. The number of aromatic nitrogens is 1. The highest BCUT2D eigenvalue weighted by Crippen LogP contribution is 2.42. The van der Waals surface area contributed by atoms with E-state index in [1.54, 1.807) is 11.3 Å². The van der Waals surface area contributed by atoms with E-state index in [9.17, 15) is 18.0 Å². The topological polar surface area (TPSA) is 51.2 Å². The van der Waals surface area contributed by atoms with Gasteiger partial charge in [0, 0.05) is 12.8 Å². The van der Waals surface area contributed by atoms with Gasteiger partial charge in [0.05, 0.1) is 28.7 Å². The van der Waals surface area contributed by atoms with E-state index in [1.807, 2.05) is 43.3 Å². The number of para-hydroxylation sites is 1. The Labute approximate surface area is 169 Å². The van der Waals surface area contributed by atoms with Crippen molar-refractivity contribution in [3.8, 4) is 16.3 Å². The molecule has 0 radical (unpaired) electrons. The summed E-state index contributed by atoms with van der Waals surface area (Å²) in [5.74, 6) is 0.119. The fraction of sp³-hybridized carbons (Fsp3) is 0.333. The third kappa shape index (κ3) is 4.53. The van der Waals surface area contributed by atoms with Gasteiger partial charge in [-0.2, -0.15) is 13.2 Å². The van der Waals surface area contributed by atoms with E-state index in [0.717, 1.165) is 37.7 Å². The van der Waals surface area contributed by atoms with Crippen LogP contribution in [0.5, 0.6) is 5.75 Å². The van der Waals surface area contributed by atoms with Crippen molar-refractivity contribution in [2.45, 2.75) is 38.5 Å². The Balaban J connectivity index is 1.48. The molecule has 4 nitrogen and oxygen atoms in total. The summed E-state index contributed by atoms with van der Waals surface area (Å²) in [5, 5.41) is 3.41. The van der Waals surface area contributed by atoms with Crippen molar-refractivity contribution in [3.63, 3.8) is 0 Å². The third-order valence-electron chi connectivity index (χ3n) is 4.73. The molecule has 0 saturated carbocycles. The lowest BCUT2D eigenvalue weighted by molar-refractivity contribution is -0.144. The Kier molecular flexibility index (Phi) is 5.21. The molecule has 1 unspecified atom stereocenters. The van der Waals surface area contributed by atoms with Crippen LogP contribution in [0.1, 0.15) is 24.0 Å². The number of amides is 1. The van der Waals surface area contributed by atoms with Gasteiger partial charge in [-0.25, -0.2) is 4.98 Å². The molecule has 1 amide bonds. The number of ether oxygens (including phenoxy) is 1. The highest BCUT2D eigenvalue weighted by Gasteiger charge is 2.30. The van der Waals surface area contributed by atoms with Gasteiger partial charge in [-0.3, -0.25) is 4.79 Å².